The molecule has 0 aliphatic carbocycles. The first-order valence-corrected chi connectivity index (χ1v) is 8.34. The molecule has 0 unspecified atom stereocenters. The molecule has 0 bridgehead atoms. The van der Waals surface area contributed by atoms with Crippen molar-refractivity contribution < 1.29 is 8.42 Å². The fourth-order valence-corrected chi connectivity index (χ4v) is 3.21. The summed E-state index contributed by atoms with van der Waals surface area (Å²) >= 11 is 17.4. The number of hydrogen-bond acceptors (Lipinski definition) is 2. The van der Waals surface area contributed by atoms with Crippen LogP contribution in [0.1, 0.15) is 5.56 Å². The van der Waals surface area contributed by atoms with Gasteiger partial charge in [-0.15, -0.1) is 0 Å². The van der Waals surface area contributed by atoms with Crippen molar-refractivity contribution in [1.82, 2.24) is 0 Å². The summed E-state index contributed by atoms with van der Waals surface area (Å²) in [6, 6.07) is 11.1. The van der Waals surface area contributed by atoms with E-state index in [1.165, 1.54) is 6.07 Å². The van der Waals surface area contributed by atoms with Crippen LogP contribution in [0, 0.1) is 0 Å². The largest absolute Gasteiger partial charge is 0.283 e. The van der Waals surface area contributed by atoms with Crippen LogP contribution in [-0.4, -0.2) is 8.42 Å². The lowest BCUT2D eigenvalue weighted by Crippen LogP contribution is -2.15. The van der Waals surface area contributed by atoms with E-state index in [2.05, 4.69) is 4.72 Å². The van der Waals surface area contributed by atoms with Crippen molar-refractivity contribution in [1.29, 1.82) is 0 Å². The number of benzene rings is 2. The molecular weight excluding hydrogens is 341 g/mol. The molecule has 0 saturated heterocycles. The minimum absolute atomic E-state index is 0.188. The van der Waals surface area contributed by atoms with E-state index in [0.717, 1.165) is 0 Å². The van der Waals surface area contributed by atoms with Gasteiger partial charge in [0, 0.05) is 10.7 Å². The van der Waals surface area contributed by atoms with Crippen LogP contribution in [0.25, 0.3) is 0 Å². The molecule has 0 aliphatic rings. The summed E-state index contributed by atoms with van der Waals surface area (Å²) in [6.07, 6.45) is 0. The maximum Gasteiger partial charge on any atom is 0.236 e. The predicted molar refractivity (Wildman–Crippen MR) is 84.2 cm³/mol. The van der Waals surface area contributed by atoms with Crippen molar-refractivity contribution in [3.05, 3.63) is 63.1 Å². The van der Waals surface area contributed by atoms with Gasteiger partial charge in [0.25, 0.3) is 0 Å². The van der Waals surface area contributed by atoms with Gasteiger partial charge in [0.05, 0.1) is 15.8 Å². The van der Waals surface area contributed by atoms with Crippen molar-refractivity contribution in [2.24, 2.45) is 0 Å². The topological polar surface area (TPSA) is 46.2 Å². The van der Waals surface area contributed by atoms with E-state index < -0.39 is 10.0 Å². The molecule has 20 heavy (non-hydrogen) atoms. The van der Waals surface area contributed by atoms with Crippen LogP contribution in [0.4, 0.5) is 5.69 Å². The van der Waals surface area contributed by atoms with Gasteiger partial charge in [-0.1, -0.05) is 40.9 Å². The molecule has 7 heteroatoms. The molecule has 0 saturated carbocycles. The fourth-order valence-electron chi connectivity index (χ4n) is 1.58. The van der Waals surface area contributed by atoms with Gasteiger partial charge < -0.3 is 0 Å². The van der Waals surface area contributed by atoms with Crippen LogP contribution in [0.3, 0.4) is 0 Å². The highest BCUT2D eigenvalue weighted by atomic mass is 35.5. The van der Waals surface area contributed by atoms with Crippen LogP contribution in [0.2, 0.25) is 15.1 Å². The number of nitrogens with one attached hydrogen (secondary N) is 1. The van der Waals surface area contributed by atoms with Crippen molar-refractivity contribution in [2.45, 2.75) is 5.75 Å². The summed E-state index contributed by atoms with van der Waals surface area (Å²) < 4.78 is 26.5. The average Bonchev–Trinajstić information content (AvgIpc) is 2.36. The second-order valence-electron chi connectivity index (χ2n) is 4.12. The normalized spacial score (nSPS) is 11.3. The van der Waals surface area contributed by atoms with E-state index in [1.807, 2.05) is 0 Å². The Balaban J connectivity index is 2.14. The van der Waals surface area contributed by atoms with Crippen LogP contribution in [0.5, 0.6) is 0 Å². The minimum Gasteiger partial charge on any atom is -0.283 e. The molecular formula is C13H10Cl3NO2S. The molecule has 0 aliphatic heterocycles. The zero-order valence-corrected chi connectivity index (χ0v) is 13.2. The predicted octanol–water partition coefficient (Wildman–Crippen LogP) is 4.59. The monoisotopic (exact) mass is 349 g/mol. The molecule has 2 aromatic rings. The zero-order chi connectivity index (χ0) is 14.8. The van der Waals surface area contributed by atoms with Gasteiger partial charge in [0.15, 0.2) is 0 Å². The number of sulfonamides is 1. The van der Waals surface area contributed by atoms with Gasteiger partial charge in [-0.25, -0.2) is 8.42 Å². The van der Waals surface area contributed by atoms with Gasteiger partial charge in [-0.3, -0.25) is 4.72 Å². The standard InChI is InChI=1S/C13H10Cl3NO2S/c14-10-2-4-11(5-3-10)17-20(18,19)8-9-1-6-12(15)13(16)7-9/h1-7,17H,8H2. The first-order chi connectivity index (χ1) is 9.35. The lowest BCUT2D eigenvalue weighted by molar-refractivity contribution is 0.600. The van der Waals surface area contributed by atoms with Crippen molar-refractivity contribution in [2.75, 3.05) is 4.72 Å². The van der Waals surface area contributed by atoms with E-state index in [0.29, 0.717) is 26.3 Å². The average molecular weight is 351 g/mol. The molecule has 2 rings (SSSR count). The molecule has 0 amide bonds. The molecule has 106 valence electrons. The van der Waals surface area contributed by atoms with Crippen LogP contribution in [-0.2, 0) is 15.8 Å². The van der Waals surface area contributed by atoms with E-state index in [-0.39, 0.29) is 5.75 Å². The summed E-state index contributed by atoms with van der Waals surface area (Å²) in [4.78, 5) is 0. The van der Waals surface area contributed by atoms with E-state index in [4.69, 9.17) is 34.8 Å². The van der Waals surface area contributed by atoms with Crippen LogP contribution in [0.15, 0.2) is 42.5 Å². The van der Waals surface area contributed by atoms with Crippen molar-refractivity contribution >= 4 is 50.5 Å². The molecule has 2 aromatic carbocycles. The molecule has 0 atom stereocenters. The Morgan fingerprint density at radius 1 is 0.900 bits per heavy atom. The Morgan fingerprint density at radius 2 is 1.55 bits per heavy atom. The first kappa shape index (κ1) is 15.4. The summed E-state index contributed by atoms with van der Waals surface area (Å²) in [7, 11) is -3.52. The first-order valence-electron chi connectivity index (χ1n) is 5.56. The van der Waals surface area contributed by atoms with Crippen molar-refractivity contribution in [3.8, 4) is 0 Å². The number of hydrogen-bond donors (Lipinski definition) is 1. The number of anilines is 1. The van der Waals surface area contributed by atoms with Gasteiger partial charge in [0.1, 0.15) is 0 Å². The van der Waals surface area contributed by atoms with Crippen LogP contribution < -0.4 is 4.72 Å². The third-order valence-corrected chi connectivity index (χ3v) is 4.71. The summed E-state index contributed by atoms with van der Waals surface area (Å²) in [5.74, 6) is -0.188. The molecule has 0 aromatic heterocycles. The van der Waals surface area contributed by atoms with E-state index in [1.54, 1.807) is 36.4 Å². The second kappa shape index (κ2) is 6.22. The third-order valence-electron chi connectivity index (χ3n) is 2.46. The van der Waals surface area contributed by atoms with Crippen LogP contribution >= 0.6 is 34.8 Å². The molecule has 3 nitrogen and oxygen atoms in total. The number of halogens is 3. The van der Waals surface area contributed by atoms with Crippen molar-refractivity contribution in [3.63, 3.8) is 0 Å². The Bertz CT molecular complexity index is 715. The Morgan fingerprint density at radius 3 is 2.15 bits per heavy atom. The summed E-state index contributed by atoms with van der Waals surface area (Å²) in [5, 5.41) is 1.25. The molecule has 0 spiro atoms. The Labute approximate surface area is 132 Å². The highest BCUT2D eigenvalue weighted by molar-refractivity contribution is 7.91. The molecule has 0 radical (unpaired) electrons. The highest BCUT2D eigenvalue weighted by Gasteiger charge is 2.12. The lowest BCUT2D eigenvalue weighted by Gasteiger charge is -2.08. The summed E-state index contributed by atoms with van der Waals surface area (Å²) in [5.41, 5.74) is 1.01. The maximum atomic E-state index is 12.0. The third kappa shape index (κ3) is 4.28. The lowest BCUT2D eigenvalue weighted by atomic mass is 10.2. The Kier molecular flexibility index (Phi) is 4.81. The Hall–Kier alpha value is -0.940. The van der Waals surface area contributed by atoms with Gasteiger partial charge in [0.2, 0.25) is 10.0 Å². The zero-order valence-electron chi connectivity index (χ0n) is 10.1. The van der Waals surface area contributed by atoms with E-state index >= 15 is 0 Å². The summed E-state index contributed by atoms with van der Waals surface area (Å²) in [6.45, 7) is 0. The SMILES string of the molecule is O=S(=O)(Cc1ccc(Cl)c(Cl)c1)Nc1ccc(Cl)cc1. The molecule has 0 heterocycles. The van der Waals surface area contributed by atoms with Gasteiger partial charge in [-0.2, -0.15) is 0 Å². The van der Waals surface area contributed by atoms with E-state index in [9.17, 15) is 8.42 Å². The maximum absolute atomic E-state index is 12.0. The van der Waals surface area contributed by atoms with Gasteiger partial charge >= 0.3 is 0 Å². The highest BCUT2D eigenvalue weighted by Crippen LogP contribution is 2.24. The smallest absolute Gasteiger partial charge is 0.236 e. The molecule has 0 fully saturated rings. The molecule has 1 N–H and O–H groups in total. The number of rotatable bonds is 4. The quantitative estimate of drug-likeness (QED) is 0.876. The van der Waals surface area contributed by atoms with Gasteiger partial charge in [-0.05, 0) is 42.0 Å². The second-order valence-corrected chi connectivity index (χ2v) is 7.09. The minimum atomic E-state index is -3.52. The fraction of sp³-hybridized carbons (Fsp3) is 0.0769.